The molecule has 0 bridgehead atoms. The van der Waals surface area contributed by atoms with Crippen molar-refractivity contribution in [3.8, 4) is 0 Å². The summed E-state index contributed by atoms with van der Waals surface area (Å²) in [7, 11) is 0. The Bertz CT molecular complexity index is 307. The Morgan fingerprint density at radius 3 is 3.00 bits per heavy atom. The highest BCUT2D eigenvalue weighted by Crippen LogP contribution is 2.00. The predicted molar refractivity (Wildman–Crippen MR) is 57.5 cm³/mol. The van der Waals surface area contributed by atoms with E-state index < -0.39 is 0 Å². The molecule has 0 saturated heterocycles. The highest BCUT2D eigenvalue weighted by atomic mass is 16.5. The molecule has 0 spiro atoms. The zero-order chi connectivity index (χ0) is 11.1. The summed E-state index contributed by atoms with van der Waals surface area (Å²) >= 11 is 0. The Morgan fingerprint density at radius 1 is 1.60 bits per heavy atom. The molecule has 4 nitrogen and oxygen atoms in total. The van der Waals surface area contributed by atoms with Gasteiger partial charge in [0.2, 0.25) is 0 Å². The Kier molecular flexibility index (Phi) is 4.87. The molecule has 0 fully saturated rings. The molecular formula is C11H18N2O2. The molecule has 0 aromatic carbocycles. The number of rotatable bonds is 6. The third-order valence-electron chi connectivity index (χ3n) is 2.08. The fourth-order valence-electron chi connectivity index (χ4n) is 1.22. The molecule has 1 aromatic rings. The molecule has 0 radical (unpaired) electrons. The number of unbranched alkanes of at least 4 members (excludes halogenated alkanes) is 1. The minimum atomic E-state index is -0.141. The molecule has 1 N–H and O–H groups in total. The van der Waals surface area contributed by atoms with Crippen LogP contribution in [0.4, 0.5) is 0 Å². The maximum absolute atomic E-state index is 11.2. The summed E-state index contributed by atoms with van der Waals surface area (Å²) in [5.41, 5.74) is 1.02. The number of imidazole rings is 1. The highest BCUT2D eigenvalue weighted by Gasteiger charge is 2.04. The highest BCUT2D eigenvalue weighted by molar-refractivity contribution is 5.69. The van der Waals surface area contributed by atoms with Crippen LogP contribution >= 0.6 is 0 Å². The first-order valence-electron chi connectivity index (χ1n) is 5.38. The van der Waals surface area contributed by atoms with E-state index in [-0.39, 0.29) is 5.97 Å². The van der Waals surface area contributed by atoms with Gasteiger partial charge in [0.05, 0.1) is 13.0 Å². The number of nitrogens with zero attached hydrogens (tertiary/aromatic N) is 1. The van der Waals surface area contributed by atoms with Crippen LogP contribution in [-0.4, -0.2) is 22.5 Å². The largest absolute Gasteiger partial charge is 0.466 e. The molecule has 0 amide bonds. The lowest BCUT2D eigenvalue weighted by molar-refractivity contribution is -0.143. The first-order valence-corrected chi connectivity index (χ1v) is 5.38. The van der Waals surface area contributed by atoms with E-state index in [2.05, 4.69) is 16.9 Å². The van der Waals surface area contributed by atoms with Gasteiger partial charge in [-0.1, -0.05) is 13.3 Å². The standard InChI is InChI=1S/C11H18N2O2/c1-3-4-7-15-11(14)6-5-10-12-8-9(2)13-10/h8H,3-7H2,1-2H3,(H,12,13). The number of aryl methyl sites for hydroxylation is 2. The van der Waals surface area contributed by atoms with Crippen LogP contribution in [0.5, 0.6) is 0 Å². The van der Waals surface area contributed by atoms with Gasteiger partial charge >= 0.3 is 5.97 Å². The van der Waals surface area contributed by atoms with Gasteiger partial charge in [0.1, 0.15) is 5.82 Å². The number of ether oxygens (including phenoxy) is 1. The zero-order valence-electron chi connectivity index (χ0n) is 9.38. The third-order valence-corrected chi connectivity index (χ3v) is 2.08. The molecule has 0 aliphatic heterocycles. The molecule has 0 aliphatic rings. The summed E-state index contributed by atoms with van der Waals surface area (Å²) < 4.78 is 5.03. The maximum atomic E-state index is 11.2. The number of aromatic amines is 1. The first kappa shape index (κ1) is 11.8. The lowest BCUT2D eigenvalue weighted by atomic mass is 10.3. The molecule has 0 aliphatic carbocycles. The van der Waals surface area contributed by atoms with Gasteiger partial charge in [-0.3, -0.25) is 4.79 Å². The van der Waals surface area contributed by atoms with E-state index in [1.54, 1.807) is 6.20 Å². The Hall–Kier alpha value is -1.32. The van der Waals surface area contributed by atoms with Crippen molar-refractivity contribution in [1.82, 2.24) is 9.97 Å². The molecular weight excluding hydrogens is 192 g/mol. The fraction of sp³-hybridized carbons (Fsp3) is 0.636. The van der Waals surface area contributed by atoms with E-state index in [0.29, 0.717) is 19.4 Å². The topological polar surface area (TPSA) is 55.0 Å². The number of hydrogen-bond acceptors (Lipinski definition) is 3. The summed E-state index contributed by atoms with van der Waals surface area (Å²) in [4.78, 5) is 18.4. The van der Waals surface area contributed by atoms with Crippen LogP contribution in [0.2, 0.25) is 0 Å². The van der Waals surface area contributed by atoms with E-state index >= 15 is 0 Å². The van der Waals surface area contributed by atoms with Crippen LogP contribution in [0, 0.1) is 6.92 Å². The van der Waals surface area contributed by atoms with Crippen LogP contribution in [0.3, 0.4) is 0 Å². The van der Waals surface area contributed by atoms with Gasteiger partial charge in [-0.2, -0.15) is 0 Å². The average Bonchev–Trinajstić information content (AvgIpc) is 2.62. The number of hydrogen-bond donors (Lipinski definition) is 1. The van der Waals surface area contributed by atoms with Crippen LogP contribution in [0.15, 0.2) is 6.20 Å². The normalized spacial score (nSPS) is 10.3. The summed E-state index contributed by atoms with van der Waals surface area (Å²) in [6.07, 6.45) is 4.77. The van der Waals surface area contributed by atoms with Crippen LogP contribution in [0.25, 0.3) is 0 Å². The minimum absolute atomic E-state index is 0.141. The molecule has 1 rings (SSSR count). The van der Waals surface area contributed by atoms with E-state index in [1.165, 1.54) is 0 Å². The van der Waals surface area contributed by atoms with E-state index in [9.17, 15) is 4.79 Å². The molecule has 1 aromatic heterocycles. The monoisotopic (exact) mass is 210 g/mol. The molecule has 15 heavy (non-hydrogen) atoms. The van der Waals surface area contributed by atoms with Gasteiger partial charge < -0.3 is 9.72 Å². The van der Waals surface area contributed by atoms with Crippen molar-refractivity contribution >= 4 is 5.97 Å². The Morgan fingerprint density at radius 2 is 2.40 bits per heavy atom. The smallest absolute Gasteiger partial charge is 0.306 e. The van der Waals surface area contributed by atoms with E-state index in [0.717, 1.165) is 24.4 Å². The van der Waals surface area contributed by atoms with Gasteiger partial charge in [-0.25, -0.2) is 4.98 Å². The Balaban J connectivity index is 2.16. The molecule has 84 valence electrons. The second-order valence-corrected chi connectivity index (χ2v) is 3.59. The number of esters is 1. The van der Waals surface area contributed by atoms with Gasteiger partial charge in [0.25, 0.3) is 0 Å². The van der Waals surface area contributed by atoms with Crippen molar-refractivity contribution in [3.05, 3.63) is 17.7 Å². The minimum Gasteiger partial charge on any atom is -0.466 e. The number of carbonyl (C=O) groups excluding carboxylic acids is 1. The van der Waals surface area contributed by atoms with Crippen molar-refractivity contribution in [2.75, 3.05) is 6.61 Å². The molecule has 0 unspecified atom stereocenters. The van der Waals surface area contributed by atoms with Gasteiger partial charge in [-0.05, 0) is 13.3 Å². The molecule has 0 atom stereocenters. The van der Waals surface area contributed by atoms with Crippen LogP contribution in [-0.2, 0) is 16.0 Å². The van der Waals surface area contributed by atoms with Gasteiger partial charge in [0, 0.05) is 18.3 Å². The second kappa shape index (κ2) is 6.22. The van der Waals surface area contributed by atoms with Crippen molar-refractivity contribution in [3.63, 3.8) is 0 Å². The Labute approximate surface area is 90.1 Å². The summed E-state index contributed by atoms with van der Waals surface area (Å²) in [5.74, 6) is 0.706. The lowest BCUT2D eigenvalue weighted by Gasteiger charge is -2.02. The van der Waals surface area contributed by atoms with Gasteiger partial charge in [0.15, 0.2) is 0 Å². The van der Waals surface area contributed by atoms with Crippen LogP contribution < -0.4 is 0 Å². The molecule has 0 saturated carbocycles. The number of nitrogens with one attached hydrogen (secondary N) is 1. The maximum Gasteiger partial charge on any atom is 0.306 e. The summed E-state index contributed by atoms with van der Waals surface area (Å²) in [6, 6.07) is 0. The molecule has 4 heteroatoms. The lowest BCUT2D eigenvalue weighted by Crippen LogP contribution is -2.07. The van der Waals surface area contributed by atoms with E-state index in [1.807, 2.05) is 6.92 Å². The van der Waals surface area contributed by atoms with Crippen LogP contribution in [0.1, 0.15) is 37.7 Å². The molecule has 1 heterocycles. The summed E-state index contributed by atoms with van der Waals surface area (Å²) in [6.45, 7) is 4.54. The number of aromatic nitrogens is 2. The van der Waals surface area contributed by atoms with Crippen molar-refractivity contribution in [1.29, 1.82) is 0 Å². The number of H-pyrrole nitrogens is 1. The van der Waals surface area contributed by atoms with Crippen molar-refractivity contribution < 1.29 is 9.53 Å². The number of carbonyl (C=O) groups is 1. The third kappa shape index (κ3) is 4.63. The average molecular weight is 210 g/mol. The van der Waals surface area contributed by atoms with Gasteiger partial charge in [-0.15, -0.1) is 0 Å². The quantitative estimate of drug-likeness (QED) is 0.577. The SMILES string of the molecule is CCCCOC(=O)CCc1ncc(C)[nH]1. The predicted octanol–water partition coefficient (Wildman–Crippen LogP) is 1.99. The van der Waals surface area contributed by atoms with E-state index in [4.69, 9.17) is 4.74 Å². The zero-order valence-corrected chi connectivity index (χ0v) is 9.38. The fourth-order valence-corrected chi connectivity index (χ4v) is 1.22. The first-order chi connectivity index (χ1) is 7.22. The van der Waals surface area contributed by atoms with Crippen molar-refractivity contribution in [2.45, 2.75) is 39.5 Å². The van der Waals surface area contributed by atoms with Crippen molar-refractivity contribution in [2.24, 2.45) is 0 Å². The second-order valence-electron chi connectivity index (χ2n) is 3.59. The summed E-state index contributed by atoms with van der Waals surface area (Å²) in [5, 5.41) is 0.